The van der Waals surface area contributed by atoms with E-state index in [-0.39, 0.29) is 0 Å². The van der Waals surface area contributed by atoms with Gasteiger partial charge in [-0.05, 0) is 56.8 Å². The molecule has 0 radical (unpaired) electrons. The highest BCUT2D eigenvalue weighted by molar-refractivity contribution is 5.20. The summed E-state index contributed by atoms with van der Waals surface area (Å²) in [6.45, 7) is 11.8. The summed E-state index contributed by atoms with van der Waals surface area (Å²) in [5.74, 6) is 3.15. The molecule has 3 nitrogen and oxygen atoms in total. The first-order chi connectivity index (χ1) is 9.72. The van der Waals surface area contributed by atoms with Gasteiger partial charge in [-0.25, -0.2) is 0 Å². The van der Waals surface area contributed by atoms with E-state index in [0.29, 0.717) is 0 Å². The lowest BCUT2D eigenvalue weighted by atomic mass is 9.85. The van der Waals surface area contributed by atoms with Gasteiger partial charge in [-0.1, -0.05) is 20.3 Å². The summed E-state index contributed by atoms with van der Waals surface area (Å²) in [6, 6.07) is 2.21. The van der Waals surface area contributed by atoms with E-state index in [1.807, 2.05) is 0 Å². The molecular weight excluding hydrogens is 248 g/mol. The third kappa shape index (κ3) is 4.35. The predicted molar refractivity (Wildman–Crippen MR) is 83.7 cm³/mol. The van der Waals surface area contributed by atoms with Gasteiger partial charge in [0.25, 0.3) is 0 Å². The second-order valence-electron chi connectivity index (χ2n) is 6.12. The first kappa shape index (κ1) is 15.6. The average molecular weight is 278 g/mol. The van der Waals surface area contributed by atoms with E-state index in [1.165, 1.54) is 31.4 Å². The molecule has 1 aliphatic carbocycles. The summed E-state index contributed by atoms with van der Waals surface area (Å²) >= 11 is 0. The Morgan fingerprint density at radius 1 is 1.35 bits per heavy atom. The molecule has 1 heterocycles. The Labute approximate surface area is 123 Å². The summed E-state index contributed by atoms with van der Waals surface area (Å²) in [6.07, 6.45) is 5.42. The Morgan fingerprint density at radius 2 is 2.15 bits per heavy atom. The Morgan fingerprint density at radius 3 is 2.75 bits per heavy atom. The number of rotatable bonds is 9. The van der Waals surface area contributed by atoms with E-state index >= 15 is 0 Å². The largest absolute Gasteiger partial charge is 0.463 e. The first-order valence-corrected chi connectivity index (χ1v) is 8.24. The lowest BCUT2D eigenvalue weighted by Crippen LogP contribution is -2.31. The van der Waals surface area contributed by atoms with Crippen molar-refractivity contribution >= 4 is 0 Å². The normalized spacial score (nSPS) is 15.8. The minimum atomic E-state index is 0.856. The molecule has 0 aliphatic heterocycles. The Balaban J connectivity index is 1.85. The molecule has 114 valence electrons. The van der Waals surface area contributed by atoms with Crippen molar-refractivity contribution in [2.24, 2.45) is 5.92 Å². The number of nitrogens with one attached hydrogen (secondary N) is 1. The standard InChI is InChI=1S/C17H30N2O/c1-4-9-18-11-17-14(3)10-16(20-17)13-19(5-2)12-15-7-6-8-15/h10,15,18H,4-9,11-13H2,1-3H3. The Bertz CT molecular complexity index is 396. The van der Waals surface area contributed by atoms with Crippen molar-refractivity contribution in [1.29, 1.82) is 0 Å². The van der Waals surface area contributed by atoms with Crippen LogP contribution in [0.3, 0.4) is 0 Å². The third-order valence-corrected chi connectivity index (χ3v) is 4.35. The van der Waals surface area contributed by atoms with Crippen molar-refractivity contribution in [3.05, 3.63) is 23.2 Å². The molecule has 0 bridgehead atoms. The maximum atomic E-state index is 6.02. The molecule has 0 atom stereocenters. The van der Waals surface area contributed by atoms with Gasteiger partial charge in [0.05, 0.1) is 13.1 Å². The SMILES string of the molecule is CCCNCc1oc(CN(CC)CC2CCC2)cc1C. The fourth-order valence-corrected chi connectivity index (χ4v) is 2.79. The van der Waals surface area contributed by atoms with Crippen LogP contribution in [0.5, 0.6) is 0 Å². The van der Waals surface area contributed by atoms with E-state index in [4.69, 9.17) is 4.42 Å². The summed E-state index contributed by atoms with van der Waals surface area (Å²) in [5.41, 5.74) is 1.28. The number of furan rings is 1. The van der Waals surface area contributed by atoms with Crippen LogP contribution in [0.4, 0.5) is 0 Å². The summed E-state index contributed by atoms with van der Waals surface area (Å²) in [7, 11) is 0. The number of nitrogens with zero attached hydrogens (tertiary/aromatic N) is 1. The number of hydrogen-bond donors (Lipinski definition) is 1. The minimum absolute atomic E-state index is 0.856. The maximum absolute atomic E-state index is 6.02. The maximum Gasteiger partial charge on any atom is 0.120 e. The molecule has 1 N–H and O–H groups in total. The highest BCUT2D eigenvalue weighted by atomic mass is 16.3. The smallest absolute Gasteiger partial charge is 0.120 e. The van der Waals surface area contributed by atoms with E-state index in [0.717, 1.165) is 50.0 Å². The van der Waals surface area contributed by atoms with E-state index in [2.05, 4.69) is 37.1 Å². The lowest BCUT2D eigenvalue weighted by Gasteiger charge is -2.31. The predicted octanol–water partition coefficient (Wildman–Crippen LogP) is 3.71. The third-order valence-electron chi connectivity index (χ3n) is 4.35. The van der Waals surface area contributed by atoms with Crippen LogP contribution in [-0.2, 0) is 13.1 Å². The molecule has 3 heteroatoms. The van der Waals surface area contributed by atoms with Crippen molar-refractivity contribution in [2.75, 3.05) is 19.6 Å². The van der Waals surface area contributed by atoms with Crippen LogP contribution in [0.2, 0.25) is 0 Å². The van der Waals surface area contributed by atoms with Crippen LogP contribution in [-0.4, -0.2) is 24.5 Å². The summed E-state index contributed by atoms with van der Waals surface area (Å²) in [5, 5.41) is 3.42. The van der Waals surface area contributed by atoms with Gasteiger partial charge in [-0.2, -0.15) is 0 Å². The van der Waals surface area contributed by atoms with E-state index < -0.39 is 0 Å². The van der Waals surface area contributed by atoms with Crippen LogP contribution in [0, 0.1) is 12.8 Å². The van der Waals surface area contributed by atoms with Crippen molar-refractivity contribution in [3.8, 4) is 0 Å². The molecule has 20 heavy (non-hydrogen) atoms. The molecule has 0 saturated heterocycles. The number of hydrogen-bond acceptors (Lipinski definition) is 3. The highest BCUT2D eigenvalue weighted by Gasteiger charge is 2.20. The van der Waals surface area contributed by atoms with Gasteiger partial charge in [-0.3, -0.25) is 4.90 Å². The molecule has 0 spiro atoms. The molecule has 1 aliphatic rings. The van der Waals surface area contributed by atoms with Gasteiger partial charge in [0, 0.05) is 6.54 Å². The van der Waals surface area contributed by atoms with Gasteiger partial charge in [0.15, 0.2) is 0 Å². The second kappa shape index (κ2) is 7.84. The molecule has 0 unspecified atom stereocenters. The van der Waals surface area contributed by atoms with Gasteiger partial charge in [0.1, 0.15) is 11.5 Å². The van der Waals surface area contributed by atoms with E-state index in [1.54, 1.807) is 0 Å². The van der Waals surface area contributed by atoms with Crippen LogP contribution < -0.4 is 5.32 Å². The molecule has 0 aromatic carbocycles. The topological polar surface area (TPSA) is 28.4 Å². The zero-order valence-electron chi connectivity index (χ0n) is 13.4. The summed E-state index contributed by atoms with van der Waals surface area (Å²) in [4.78, 5) is 2.52. The lowest BCUT2D eigenvalue weighted by molar-refractivity contribution is 0.168. The van der Waals surface area contributed by atoms with Crippen molar-refractivity contribution < 1.29 is 4.42 Å². The number of aryl methyl sites for hydroxylation is 1. The highest BCUT2D eigenvalue weighted by Crippen LogP contribution is 2.27. The zero-order chi connectivity index (χ0) is 14.4. The first-order valence-electron chi connectivity index (χ1n) is 8.24. The van der Waals surface area contributed by atoms with Crippen LogP contribution >= 0.6 is 0 Å². The molecule has 1 aromatic rings. The molecule has 1 fully saturated rings. The zero-order valence-corrected chi connectivity index (χ0v) is 13.4. The van der Waals surface area contributed by atoms with Crippen molar-refractivity contribution in [1.82, 2.24) is 10.2 Å². The summed E-state index contributed by atoms with van der Waals surface area (Å²) < 4.78 is 6.02. The minimum Gasteiger partial charge on any atom is -0.463 e. The molecular formula is C17H30N2O. The average Bonchev–Trinajstić information content (AvgIpc) is 2.73. The molecule has 0 amide bonds. The van der Waals surface area contributed by atoms with Crippen LogP contribution in [0.1, 0.15) is 56.6 Å². The Hall–Kier alpha value is -0.800. The van der Waals surface area contributed by atoms with Crippen molar-refractivity contribution in [2.45, 2.75) is 59.5 Å². The van der Waals surface area contributed by atoms with Gasteiger partial charge < -0.3 is 9.73 Å². The van der Waals surface area contributed by atoms with Gasteiger partial charge in [-0.15, -0.1) is 0 Å². The fraction of sp³-hybridized carbons (Fsp3) is 0.765. The van der Waals surface area contributed by atoms with Crippen LogP contribution in [0.25, 0.3) is 0 Å². The molecule has 1 aromatic heterocycles. The monoisotopic (exact) mass is 278 g/mol. The Kier molecular flexibility index (Phi) is 6.11. The fourth-order valence-electron chi connectivity index (χ4n) is 2.79. The van der Waals surface area contributed by atoms with Gasteiger partial charge in [0.2, 0.25) is 0 Å². The molecule has 1 saturated carbocycles. The quantitative estimate of drug-likeness (QED) is 0.698. The van der Waals surface area contributed by atoms with Crippen LogP contribution in [0.15, 0.2) is 10.5 Å². The van der Waals surface area contributed by atoms with E-state index in [9.17, 15) is 0 Å². The van der Waals surface area contributed by atoms with Crippen molar-refractivity contribution in [3.63, 3.8) is 0 Å². The molecule has 2 rings (SSSR count). The van der Waals surface area contributed by atoms with Gasteiger partial charge >= 0.3 is 0 Å². The second-order valence-corrected chi connectivity index (χ2v) is 6.12.